The molecule has 0 unspecified atom stereocenters. The summed E-state index contributed by atoms with van der Waals surface area (Å²) in [5.41, 5.74) is 1.97. The van der Waals surface area contributed by atoms with Gasteiger partial charge in [-0.15, -0.1) is 0 Å². The first-order valence-corrected chi connectivity index (χ1v) is 4.79. The van der Waals surface area contributed by atoms with Crippen molar-refractivity contribution in [2.24, 2.45) is 0 Å². The van der Waals surface area contributed by atoms with Gasteiger partial charge >= 0.3 is 0 Å². The fourth-order valence-corrected chi connectivity index (χ4v) is 1.20. The highest BCUT2D eigenvalue weighted by molar-refractivity contribution is 5.82. The zero-order chi connectivity index (χ0) is 10.4. The van der Waals surface area contributed by atoms with Gasteiger partial charge in [0.05, 0.1) is 0 Å². The van der Waals surface area contributed by atoms with Gasteiger partial charge in [-0.25, -0.2) is 0 Å². The predicted octanol–water partition coefficient (Wildman–Crippen LogP) is 2.55. The standard InChI is InChI=1S/C12H15NO/c1-3-10(2)7-12(14)8-11-5-4-6-13-9-11/h4-6,9H,2-3,7-8H2,1H3. The molecule has 0 bridgehead atoms. The molecule has 14 heavy (non-hydrogen) atoms. The molecule has 1 heterocycles. The van der Waals surface area contributed by atoms with Crippen LogP contribution in [0.1, 0.15) is 25.3 Å². The van der Waals surface area contributed by atoms with E-state index in [1.807, 2.05) is 19.1 Å². The third-order valence-electron chi connectivity index (χ3n) is 2.07. The van der Waals surface area contributed by atoms with E-state index in [1.165, 1.54) is 0 Å². The fourth-order valence-electron chi connectivity index (χ4n) is 1.20. The quantitative estimate of drug-likeness (QED) is 0.666. The lowest BCUT2D eigenvalue weighted by Crippen LogP contribution is -2.03. The Morgan fingerprint density at radius 2 is 2.36 bits per heavy atom. The predicted molar refractivity (Wildman–Crippen MR) is 57.0 cm³/mol. The van der Waals surface area contributed by atoms with Gasteiger partial charge in [0.25, 0.3) is 0 Å². The second-order valence-electron chi connectivity index (χ2n) is 3.36. The molecule has 0 N–H and O–H groups in total. The Labute approximate surface area is 84.7 Å². The topological polar surface area (TPSA) is 30.0 Å². The zero-order valence-corrected chi connectivity index (χ0v) is 8.49. The zero-order valence-electron chi connectivity index (χ0n) is 8.49. The van der Waals surface area contributed by atoms with Crippen LogP contribution in [0.4, 0.5) is 0 Å². The number of rotatable bonds is 5. The van der Waals surface area contributed by atoms with Crippen molar-refractivity contribution in [3.8, 4) is 0 Å². The summed E-state index contributed by atoms with van der Waals surface area (Å²) in [6.07, 6.45) is 5.27. The molecule has 0 aliphatic carbocycles. The Bertz CT molecular complexity index is 316. The molecule has 0 aliphatic rings. The Kier molecular flexibility index (Phi) is 4.05. The molecule has 0 aromatic carbocycles. The molecule has 0 amide bonds. The van der Waals surface area contributed by atoms with E-state index in [4.69, 9.17) is 0 Å². The lowest BCUT2D eigenvalue weighted by Gasteiger charge is -2.01. The van der Waals surface area contributed by atoms with Gasteiger partial charge in [0, 0.05) is 25.2 Å². The normalized spacial score (nSPS) is 9.79. The molecule has 2 heteroatoms. The summed E-state index contributed by atoms with van der Waals surface area (Å²) in [6, 6.07) is 3.76. The van der Waals surface area contributed by atoms with E-state index in [-0.39, 0.29) is 5.78 Å². The van der Waals surface area contributed by atoms with Crippen LogP contribution in [0.2, 0.25) is 0 Å². The molecule has 0 saturated carbocycles. The van der Waals surface area contributed by atoms with Crippen LogP contribution in [-0.2, 0) is 11.2 Å². The van der Waals surface area contributed by atoms with Crippen molar-refractivity contribution >= 4 is 5.78 Å². The molecule has 0 radical (unpaired) electrons. The number of carbonyl (C=O) groups is 1. The maximum Gasteiger partial charge on any atom is 0.141 e. The van der Waals surface area contributed by atoms with Crippen LogP contribution in [0, 0.1) is 0 Å². The largest absolute Gasteiger partial charge is 0.299 e. The van der Waals surface area contributed by atoms with Gasteiger partial charge in [0.15, 0.2) is 0 Å². The lowest BCUT2D eigenvalue weighted by molar-refractivity contribution is -0.117. The molecule has 1 aromatic rings. The number of nitrogens with zero attached hydrogens (tertiary/aromatic N) is 1. The minimum absolute atomic E-state index is 0.213. The van der Waals surface area contributed by atoms with E-state index in [0.717, 1.165) is 17.6 Å². The van der Waals surface area contributed by atoms with Gasteiger partial charge in [-0.05, 0) is 18.1 Å². The maximum absolute atomic E-state index is 11.5. The van der Waals surface area contributed by atoms with Gasteiger partial charge in [0.1, 0.15) is 5.78 Å². The maximum atomic E-state index is 11.5. The lowest BCUT2D eigenvalue weighted by atomic mass is 10.0. The minimum Gasteiger partial charge on any atom is -0.299 e. The third-order valence-corrected chi connectivity index (χ3v) is 2.07. The molecule has 2 nitrogen and oxygen atoms in total. The number of hydrogen-bond acceptors (Lipinski definition) is 2. The molecular weight excluding hydrogens is 174 g/mol. The van der Waals surface area contributed by atoms with Crippen molar-refractivity contribution in [3.63, 3.8) is 0 Å². The first kappa shape index (κ1) is 10.6. The van der Waals surface area contributed by atoms with Crippen molar-refractivity contribution in [1.29, 1.82) is 0 Å². The van der Waals surface area contributed by atoms with Crippen molar-refractivity contribution < 1.29 is 4.79 Å². The van der Waals surface area contributed by atoms with E-state index in [2.05, 4.69) is 11.6 Å². The van der Waals surface area contributed by atoms with Crippen LogP contribution in [0.25, 0.3) is 0 Å². The highest BCUT2D eigenvalue weighted by Gasteiger charge is 2.04. The summed E-state index contributed by atoms with van der Waals surface area (Å²) < 4.78 is 0. The number of carbonyl (C=O) groups excluding carboxylic acids is 1. The Morgan fingerprint density at radius 1 is 1.57 bits per heavy atom. The summed E-state index contributed by atoms with van der Waals surface area (Å²) in [5, 5.41) is 0. The van der Waals surface area contributed by atoms with Crippen molar-refractivity contribution in [2.45, 2.75) is 26.2 Å². The second-order valence-corrected chi connectivity index (χ2v) is 3.36. The first-order valence-electron chi connectivity index (χ1n) is 4.79. The number of allylic oxidation sites excluding steroid dienone is 1. The molecule has 1 aromatic heterocycles. The van der Waals surface area contributed by atoms with Crippen molar-refractivity contribution in [3.05, 3.63) is 42.2 Å². The van der Waals surface area contributed by atoms with Gasteiger partial charge in [-0.2, -0.15) is 0 Å². The molecule has 0 fully saturated rings. The van der Waals surface area contributed by atoms with Crippen LogP contribution in [-0.4, -0.2) is 10.8 Å². The fraction of sp³-hybridized carbons (Fsp3) is 0.333. The van der Waals surface area contributed by atoms with E-state index < -0.39 is 0 Å². The van der Waals surface area contributed by atoms with E-state index >= 15 is 0 Å². The smallest absolute Gasteiger partial charge is 0.141 e. The summed E-state index contributed by atoms with van der Waals surface area (Å²) in [7, 11) is 0. The number of Topliss-reactive ketones (excluding diaryl/α,β-unsaturated/α-hetero) is 1. The third kappa shape index (κ3) is 3.52. The molecule has 0 aliphatic heterocycles. The SMILES string of the molecule is C=C(CC)CC(=O)Cc1cccnc1. The van der Waals surface area contributed by atoms with Crippen LogP contribution < -0.4 is 0 Å². The number of ketones is 1. The van der Waals surface area contributed by atoms with Crippen LogP contribution in [0.5, 0.6) is 0 Å². The Balaban J connectivity index is 2.46. The van der Waals surface area contributed by atoms with Gasteiger partial charge < -0.3 is 0 Å². The first-order chi connectivity index (χ1) is 6.72. The molecule has 0 saturated heterocycles. The van der Waals surface area contributed by atoms with Crippen LogP contribution in [0.3, 0.4) is 0 Å². The summed E-state index contributed by atoms with van der Waals surface area (Å²) in [4.78, 5) is 15.5. The minimum atomic E-state index is 0.213. The molecular formula is C12H15NO. The van der Waals surface area contributed by atoms with Crippen molar-refractivity contribution in [1.82, 2.24) is 4.98 Å². The van der Waals surface area contributed by atoms with E-state index in [0.29, 0.717) is 12.8 Å². The van der Waals surface area contributed by atoms with Gasteiger partial charge in [0.2, 0.25) is 0 Å². The molecule has 1 rings (SSSR count). The summed E-state index contributed by atoms with van der Waals surface area (Å²) in [5.74, 6) is 0.213. The average molecular weight is 189 g/mol. The summed E-state index contributed by atoms with van der Waals surface area (Å²) >= 11 is 0. The highest BCUT2D eigenvalue weighted by atomic mass is 16.1. The van der Waals surface area contributed by atoms with E-state index in [1.54, 1.807) is 12.4 Å². The second kappa shape index (κ2) is 5.32. The van der Waals surface area contributed by atoms with Gasteiger partial charge in [-0.1, -0.05) is 25.1 Å². The number of aromatic nitrogens is 1. The Hall–Kier alpha value is -1.44. The molecule has 0 atom stereocenters. The average Bonchev–Trinajstić information content (AvgIpc) is 2.19. The van der Waals surface area contributed by atoms with Crippen molar-refractivity contribution in [2.75, 3.05) is 0 Å². The highest BCUT2D eigenvalue weighted by Crippen LogP contribution is 2.07. The number of hydrogen-bond donors (Lipinski definition) is 0. The van der Waals surface area contributed by atoms with Gasteiger partial charge in [-0.3, -0.25) is 9.78 Å². The number of pyridine rings is 1. The van der Waals surface area contributed by atoms with E-state index in [9.17, 15) is 4.79 Å². The molecule has 0 spiro atoms. The summed E-state index contributed by atoms with van der Waals surface area (Å²) in [6.45, 7) is 5.83. The Morgan fingerprint density at radius 3 is 2.93 bits per heavy atom. The van der Waals surface area contributed by atoms with Crippen LogP contribution in [0.15, 0.2) is 36.7 Å². The molecule has 74 valence electrons. The monoisotopic (exact) mass is 189 g/mol. The van der Waals surface area contributed by atoms with Crippen LogP contribution >= 0.6 is 0 Å².